The smallest absolute Gasteiger partial charge is 0.310 e. The van der Waals surface area contributed by atoms with Gasteiger partial charge in [0.2, 0.25) is 0 Å². The first-order valence-electron chi connectivity index (χ1n) is 4.42. The first-order chi connectivity index (χ1) is 6.79. The van der Waals surface area contributed by atoms with Crippen molar-refractivity contribution >= 4 is 5.97 Å². The van der Waals surface area contributed by atoms with Crippen molar-refractivity contribution in [1.29, 1.82) is 0 Å². The molecule has 84 valence electrons. The highest BCUT2D eigenvalue weighted by molar-refractivity contribution is 5.75. The van der Waals surface area contributed by atoms with Crippen molar-refractivity contribution in [2.45, 2.75) is 32.2 Å². The second-order valence-corrected chi connectivity index (χ2v) is 3.60. The lowest BCUT2D eigenvalue weighted by atomic mass is 10.1. The maximum Gasteiger partial charge on any atom is 0.310 e. The number of alkyl halides is 2. The third kappa shape index (κ3) is 3.30. The predicted molar refractivity (Wildman–Crippen MR) is 48.9 cm³/mol. The molecule has 1 atom stereocenters. The Bertz CT molecular complexity index is 357. The Morgan fingerprint density at radius 2 is 2.33 bits per heavy atom. The number of carbonyl (C=O) groups is 1. The topological polar surface area (TPSA) is 55.1 Å². The Morgan fingerprint density at radius 3 is 2.80 bits per heavy atom. The number of rotatable bonds is 4. The standard InChI is InChI=1S/C9H12F2N2O2/c1-6(8(14)15)7-3-12-13(4-7)5-9(2,10)11/h3-4,6H,5H2,1-2H3,(H,14,15). The van der Waals surface area contributed by atoms with Crippen molar-refractivity contribution in [3.63, 3.8) is 0 Å². The lowest BCUT2D eigenvalue weighted by Gasteiger charge is -2.09. The molecule has 1 heterocycles. The van der Waals surface area contributed by atoms with E-state index in [1.54, 1.807) is 0 Å². The summed E-state index contributed by atoms with van der Waals surface area (Å²) in [6, 6.07) is 0. The minimum atomic E-state index is -2.85. The highest BCUT2D eigenvalue weighted by atomic mass is 19.3. The number of hydrogen-bond donors (Lipinski definition) is 1. The summed E-state index contributed by atoms with van der Waals surface area (Å²) in [5.74, 6) is -4.59. The third-order valence-corrected chi connectivity index (χ3v) is 1.96. The monoisotopic (exact) mass is 218 g/mol. The van der Waals surface area contributed by atoms with Crippen LogP contribution in [0.2, 0.25) is 0 Å². The number of hydrogen-bond acceptors (Lipinski definition) is 2. The Hall–Kier alpha value is -1.46. The largest absolute Gasteiger partial charge is 0.481 e. The Balaban J connectivity index is 2.77. The molecular weight excluding hydrogens is 206 g/mol. The van der Waals surface area contributed by atoms with Gasteiger partial charge >= 0.3 is 5.97 Å². The summed E-state index contributed by atoms with van der Waals surface area (Å²) >= 11 is 0. The molecule has 0 aromatic carbocycles. The molecule has 1 N–H and O–H groups in total. The van der Waals surface area contributed by atoms with Gasteiger partial charge in [-0.05, 0) is 6.92 Å². The van der Waals surface area contributed by atoms with Crippen LogP contribution >= 0.6 is 0 Å². The first-order valence-corrected chi connectivity index (χ1v) is 4.42. The first kappa shape index (κ1) is 11.6. The van der Waals surface area contributed by atoms with Crippen LogP contribution < -0.4 is 0 Å². The fourth-order valence-electron chi connectivity index (χ4n) is 1.12. The van der Waals surface area contributed by atoms with E-state index in [1.807, 2.05) is 0 Å². The number of carboxylic acids is 1. The second-order valence-electron chi connectivity index (χ2n) is 3.60. The van der Waals surface area contributed by atoms with E-state index < -0.39 is 24.4 Å². The Kier molecular flexibility index (Phi) is 3.06. The van der Waals surface area contributed by atoms with Gasteiger partial charge in [-0.25, -0.2) is 8.78 Å². The average Bonchev–Trinajstić information content (AvgIpc) is 2.48. The molecule has 0 saturated carbocycles. The SMILES string of the molecule is CC(C(=O)O)c1cnn(CC(C)(F)F)c1. The van der Waals surface area contributed by atoms with E-state index in [9.17, 15) is 13.6 Å². The third-order valence-electron chi connectivity index (χ3n) is 1.96. The highest BCUT2D eigenvalue weighted by Gasteiger charge is 2.23. The zero-order chi connectivity index (χ0) is 11.6. The summed E-state index contributed by atoms with van der Waals surface area (Å²) in [6.07, 6.45) is 2.63. The minimum Gasteiger partial charge on any atom is -0.481 e. The van der Waals surface area contributed by atoms with Crippen LogP contribution in [0.3, 0.4) is 0 Å². The van der Waals surface area contributed by atoms with Gasteiger partial charge in [-0.2, -0.15) is 5.10 Å². The normalized spacial score (nSPS) is 13.9. The Morgan fingerprint density at radius 1 is 1.73 bits per heavy atom. The van der Waals surface area contributed by atoms with Crippen molar-refractivity contribution in [1.82, 2.24) is 9.78 Å². The fraction of sp³-hybridized carbons (Fsp3) is 0.556. The van der Waals surface area contributed by atoms with E-state index in [0.717, 1.165) is 11.6 Å². The lowest BCUT2D eigenvalue weighted by Crippen LogP contribution is -2.19. The molecule has 0 aliphatic carbocycles. The quantitative estimate of drug-likeness (QED) is 0.837. The molecule has 0 aliphatic rings. The van der Waals surface area contributed by atoms with Crippen molar-refractivity contribution < 1.29 is 18.7 Å². The van der Waals surface area contributed by atoms with E-state index in [-0.39, 0.29) is 0 Å². The minimum absolute atomic E-state index is 0.423. The zero-order valence-corrected chi connectivity index (χ0v) is 8.44. The number of nitrogens with zero attached hydrogens (tertiary/aromatic N) is 2. The molecule has 0 amide bonds. The summed E-state index contributed by atoms with van der Waals surface area (Å²) in [4.78, 5) is 10.6. The van der Waals surface area contributed by atoms with Gasteiger partial charge in [0.25, 0.3) is 5.92 Å². The molecule has 1 aromatic rings. The van der Waals surface area contributed by atoms with E-state index >= 15 is 0 Å². The van der Waals surface area contributed by atoms with Crippen molar-refractivity contribution in [3.8, 4) is 0 Å². The van der Waals surface area contributed by atoms with Crippen LogP contribution in [0.15, 0.2) is 12.4 Å². The maximum atomic E-state index is 12.6. The van der Waals surface area contributed by atoms with Crippen molar-refractivity contribution in [3.05, 3.63) is 18.0 Å². The number of carboxylic acid groups (broad SMARTS) is 1. The van der Waals surface area contributed by atoms with Gasteiger partial charge in [0.05, 0.1) is 12.1 Å². The van der Waals surface area contributed by atoms with Crippen LogP contribution in [0.5, 0.6) is 0 Å². The molecule has 0 aliphatic heterocycles. The molecule has 0 fully saturated rings. The van der Waals surface area contributed by atoms with Crippen LogP contribution in [0.1, 0.15) is 25.3 Å². The summed E-state index contributed by atoms with van der Waals surface area (Å²) in [5.41, 5.74) is 0.423. The molecule has 6 heteroatoms. The van der Waals surface area contributed by atoms with Gasteiger partial charge in [-0.15, -0.1) is 0 Å². The van der Waals surface area contributed by atoms with Crippen LogP contribution in [0.25, 0.3) is 0 Å². The van der Waals surface area contributed by atoms with Crippen molar-refractivity contribution in [2.75, 3.05) is 0 Å². The Labute approximate surface area is 85.5 Å². The molecule has 1 aromatic heterocycles. The molecular formula is C9H12F2N2O2. The second kappa shape index (κ2) is 3.96. The summed E-state index contributed by atoms with van der Waals surface area (Å²) in [7, 11) is 0. The van der Waals surface area contributed by atoms with Gasteiger partial charge in [-0.1, -0.05) is 0 Å². The molecule has 0 saturated heterocycles. The van der Waals surface area contributed by atoms with E-state index in [0.29, 0.717) is 5.56 Å². The fourth-order valence-corrected chi connectivity index (χ4v) is 1.12. The van der Waals surface area contributed by atoms with Gasteiger partial charge in [0, 0.05) is 18.7 Å². The highest BCUT2D eigenvalue weighted by Crippen LogP contribution is 2.17. The van der Waals surface area contributed by atoms with Crippen molar-refractivity contribution in [2.24, 2.45) is 0 Å². The van der Waals surface area contributed by atoms with Gasteiger partial charge in [0.15, 0.2) is 0 Å². The van der Waals surface area contributed by atoms with E-state index in [1.165, 1.54) is 19.3 Å². The number of halogens is 2. The molecule has 4 nitrogen and oxygen atoms in total. The maximum absolute atomic E-state index is 12.6. The van der Waals surface area contributed by atoms with E-state index in [4.69, 9.17) is 5.11 Å². The average molecular weight is 218 g/mol. The van der Waals surface area contributed by atoms with Crippen LogP contribution in [0.4, 0.5) is 8.78 Å². The molecule has 1 unspecified atom stereocenters. The summed E-state index contributed by atoms with van der Waals surface area (Å²) < 4.78 is 26.2. The number of aliphatic carboxylic acids is 1. The summed E-state index contributed by atoms with van der Waals surface area (Å²) in [5, 5.41) is 12.4. The molecule has 0 bridgehead atoms. The van der Waals surface area contributed by atoms with E-state index in [2.05, 4.69) is 5.10 Å². The lowest BCUT2D eigenvalue weighted by molar-refractivity contribution is -0.138. The van der Waals surface area contributed by atoms with Gasteiger partial charge in [-0.3, -0.25) is 9.48 Å². The molecule has 0 spiro atoms. The van der Waals surface area contributed by atoms with Gasteiger partial charge in [0.1, 0.15) is 6.54 Å². The zero-order valence-electron chi connectivity index (χ0n) is 8.44. The summed E-state index contributed by atoms with van der Waals surface area (Å²) in [6.45, 7) is 1.72. The molecule has 0 radical (unpaired) electrons. The van der Waals surface area contributed by atoms with Crippen LogP contribution in [-0.4, -0.2) is 26.8 Å². The van der Waals surface area contributed by atoms with Crippen LogP contribution in [0, 0.1) is 0 Å². The van der Waals surface area contributed by atoms with Crippen LogP contribution in [-0.2, 0) is 11.3 Å². The number of aromatic nitrogens is 2. The molecule has 1 rings (SSSR count). The predicted octanol–water partition coefficient (Wildman–Crippen LogP) is 1.73. The molecule has 15 heavy (non-hydrogen) atoms. The van der Waals surface area contributed by atoms with Gasteiger partial charge < -0.3 is 5.11 Å².